The van der Waals surface area contributed by atoms with Gasteiger partial charge in [0.1, 0.15) is 0 Å². The highest BCUT2D eigenvalue weighted by atomic mass is 35.5. The Morgan fingerprint density at radius 1 is 1.40 bits per heavy atom. The van der Waals surface area contributed by atoms with E-state index in [1.54, 1.807) is 11.3 Å². The van der Waals surface area contributed by atoms with Gasteiger partial charge in [-0.15, -0.1) is 11.3 Å². The summed E-state index contributed by atoms with van der Waals surface area (Å²) in [5, 5.41) is 3.93. The Bertz CT molecular complexity index is 574. The van der Waals surface area contributed by atoms with Crippen LogP contribution in [-0.2, 0) is 11.8 Å². The molecule has 20 heavy (non-hydrogen) atoms. The summed E-state index contributed by atoms with van der Waals surface area (Å²) in [7, 11) is 0. The van der Waals surface area contributed by atoms with Crippen LogP contribution >= 0.6 is 22.9 Å². The molecule has 0 aliphatic heterocycles. The van der Waals surface area contributed by atoms with Crippen LogP contribution in [0.5, 0.6) is 0 Å². The lowest BCUT2D eigenvalue weighted by Crippen LogP contribution is -2.29. The highest BCUT2D eigenvalue weighted by molar-refractivity contribution is 7.09. The summed E-state index contributed by atoms with van der Waals surface area (Å²) in [6.45, 7) is 6.50. The highest BCUT2D eigenvalue weighted by Gasteiger charge is 2.19. The molecule has 5 heteroatoms. The number of rotatable bonds is 4. The first-order valence-corrected chi connectivity index (χ1v) is 7.82. The largest absolute Gasteiger partial charge is 0.271 e. The van der Waals surface area contributed by atoms with Crippen LogP contribution in [0, 0.1) is 0 Å². The Balaban J connectivity index is 2.16. The smallest absolute Gasteiger partial charge is 0.0948 e. The Morgan fingerprint density at radius 2 is 2.15 bits per heavy atom. The normalized spacial score (nSPS) is 13.4. The Kier molecular flexibility index (Phi) is 4.81. The minimum atomic E-state index is 0.0210. The quantitative estimate of drug-likeness (QED) is 0.666. The van der Waals surface area contributed by atoms with Crippen molar-refractivity contribution in [2.45, 2.75) is 38.6 Å². The van der Waals surface area contributed by atoms with Crippen LogP contribution in [0.15, 0.2) is 29.6 Å². The lowest BCUT2D eigenvalue weighted by molar-refractivity contribution is 0.541. The standard InChI is InChI=1S/C15H20ClN3S/c1-15(2,3)13-9-20-14(18-13)8-12(19-17)10-5-4-6-11(16)7-10/h4-7,9,12,19H,8,17H2,1-3H3. The van der Waals surface area contributed by atoms with Gasteiger partial charge in [-0.05, 0) is 17.7 Å². The molecule has 0 aliphatic carbocycles. The molecular weight excluding hydrogens is 290 g/mol. The number of nitrogens with zero attached hydrogens (tertiary/aromatic N) is 1. The molecule has 2 aromatic rings. The third-order valence-electron chi connectivity index (χ3n) is 3.15. The molecule has 3 nitrogen and oxygen atoms in total. The van der Waals surface area contributed by atoms with Gasteiger partial charge in [0.25, 0.3) is 0 Å². The van der Waals surface area contributed by atoms with Gasteiger partial charge in [-0.3, -0.25) is 11.3 Å². The van der Waals surface area contributed by atoms with Crippen molar-refractivity contribution < 1.29 is 0 Å². The van der Waals surface area contributed by atoms with Crippen molar-refractivity contribution >= 4 is 22.9 Å². The third-order valence-corrected chi connectivity index (χ3v) is 4.26. The number of hydrogen-bond donors (Lipinski definition) is 2. The van der Waals surface area contributed by atoms with Gasteiger partial charge < -0.3 is 0 Å². The molecule has 3 N–H and O–H groups in total. The molecule has 108 valence electrons. The summed E-state index contributed by atoms with van der Waals surface area (Å²) in [6.07, 6.45) is 0.761. The maximum atomic E-state index is 6.03. The predicted octanol–water partition coefficient (Wildman–Crippen LogP) is 3.84. The maximum absolute atomic E-state index is 6.03. The van der Waals surface area contributed by atoms with Gasteiger partial charge >= 0.3 is 0 Å². The van der Waals surface area contributed by atoms with E-state index in [0.717, 1.165) is 27.7 Å². The molecule has 0 bridgehead atoms. The number of thiazole rings is 1. The van der Waals surface area contributed by atoms with Crippen molar-refractivity contribution in [3.05, 3.63) is 50.9 Å². The van der Waals surface area contributed by atoms with E-state index in [9.17, 15) is 0 Å². The van der Waals surface area contributed by atoms with Gasteiger partial charge in [0.05, 0.1) is 16.7 Å². The number of hydrogen-bond acceptors (Lipinski definition) is 4. The predicted molar refractivity (Wildman–Crippen MR) is 86.0 cm³/mol. The summed E-state index contributed by atoms with van der Waals surface area (Å²) in [5.41, 5.74) is 5.13. The van der Waals surface area contributed by atoms with Crippen molar-refractivity contribution in [1.82, 2.24) is 10.4 Å². The van der Waals surface area contributed by atoms with Gasteiger partial charge in [0, 0.05) is 22.2 Å². The van der Waals surface area contributed by atoms with E-state index in [1.807, 2.05) is 24.3 Å². The zero-order valence-electron chi connectivity index (χ0n) is 12.0. The Morgan fingerprint density at radius 3 is 2.70 bits per heavy atom. The van der Waals surface area contributed by atoms with E-state index < -0.39 is 0 Å². The lowest BCUT2D eigenvalue weighted by atomic mass is 9.93. The first-order valence-electron chi connectivity index (χ1n) is 6.56. The SMILES string of the molecule is CC(C)(C)c1csc(CC(NN)c2cccc(Cl)c2)n1. The van der Waals surface area contributed by atoms with Crippen LogP contribution in [0.1, 0.15) is 43.1 Å². The second kappa shape index (κ2) is 6.22. The van der Waals surface area contributed by atoms with E-state index in [-0.39, 0.29) is 11.5 Å². The highest BCUT2D eigenvalue weighted by Crippen LogP contribution is 2.27. The minimum absolute atomic E-state index is 0.0210. The van der Waals surface area contributed by atoms with E-state index in [0.29, 0.717) is 0 Å². The van der Waals surface area contributed by atoms with Gasteiger partial charge in [-0.2, -0.15) is 0 Å². The molecule has 0 saturated carbocycles. The van der Waals surface area contributed by atoms with Crippen LogP contribution in [0.3, 0.4) is 0 Å². The topological polar surface area (TPSA) is 50.9 Å². The van der Waals surface area contributed by atoms with Crippen LogP contribution < -0.4 is 11.3 Å². The fraction of sp³-hybridized carbons (Fsp3) is 0.400. The molecule has 1 heterocycles. The molecule has 0 radical (unpaired) electrons. The summed E-state index contributed by atoms with van der Waals surface area (Å²) >= 11 is 7.71. The van der Waals surface area contributed by atoms with Crippen molar-refractivity contribution in [1.29, 1.82) is 0 Å². The van der Waals surface area contributed by atoms with Gasteiger partial charge in [0.2, 0.25) is 0 Å². The molecular formula is C15H20ClN3S. The number of hydrazine groups is 1. The second-order valence-corrected chi connectivity index (χ2v) is 7.23. The van der Waals surface area contributed by atoms with E-state index in [2.05, 4.69) is 31.6 Å². The molecule has 0 amide bonds. The molecule has 2 rings (SSSR count). The molecule has 0 fully saturated rings. The van der Waals surface area contributed by atoms with Crippen LogP contribution in [0.4, 0.5) is 0 Å². The van der Waals surface area contributed by atoms with E-state index in [4.69, 9.17) is 22.4 Å². The fourth-order valence-electron chi connectivity index (χ4n) is 1.92. The molecule has 1 atom stereocenters. The number of nitrogens with one attached hydrogen (secondary N) is 1. The average Bonchev–Trinajstić information content (AvgIpc) is 2.84. The molecule has 1 aromatic heterocycles. The van der Waals surface area contributed by atoms with Crippen molar-refractivity contribution in [2.24, 2.45) is 5.84 Å². The van der Waals surface area contributed by atoms with E-state index >= 15 is 0 Å². The number of halogens is 1. The summed E-state index contributed by atoms with van der Waals surface area (Å²) in [4.78, 5) is 4.71. The van der Waals surface area contributed by atoms with E-state index in [1.165, 1.54) is 0 Å². The lowest BCUT2D eigenvalue weighted by Gasteiger charge is -2.16. The van der Waals surface area contributed by atoms with Crippen molar-refractivity contribution in [3.63, 3.8) is 0 Å². The zero-order chi connectivity index (χ0) is 14.8. The molecule has 1 unspecified atom stereocenters. The second-order valence-electron chi connectivity index (χ2n) is 5.85. The third kappa shape index (κ3) is 3.79. The van der Waals surface area contributed by atoms with Crippen LogP contribution in [0.2, 0.25) is 5.02 Å². The molecule has 0 spiro atoms. The van der Waals surface area contributed by atoms with Crippen LogP contribution in [0.25, 0.3) is 0 Å². The minimum Gasteiger partial charge on any atom is -0.271 e. The monoisotopic (exact) mass is 309 g/mol. The summed E-state index contributed by atoms with van der Waals surface area (Å²) < 4.78 is 0. The number of nitrogens with two attached hydrogens (primary N) is 1. The van der Waals surface area contributed by atoms with Gasteiger partial charge in [-0.25, -0.2) is 4.98 Å². The molecule has 1 aromatic carbocycles. The fourth-order valence-corrected chi connectivity index (χ4v) is 3.19. The summed E-state index contributed by atoms with van der Waals surface area (Å²) in [5.74, 6) is 5.68. The first kappa shape index (κ1) is 15.4. The summed E-state index contributed by atoms with van der Waals surface area (Å²) in [6, 6.07) is 7.77. The Labute approximate surface area is 129 Å². The molecule has 0 saturated heterocycles. The zero-order valence-corrected chi connectivity index (χ0v) is 13.6. The number of aromatic nitrogens is 1. The number of benzene rings is 1. The van der Waals surface area contributed by atoms with Gasteiger partial charge in [-0.1, -0.05) is 44.5 Å². The Hall–Kier alpha value is -0.940. The van der Waals surface area contributed by atoms with Gasteiger partial charge in [0.15, 0.2) is 0 Å². The van der Waals surface area contributed by atoms with Crippen molar-refractivity contribution in [2.75, 3.05) is 0 Å². The first-order chi connectivity index (χ1) is 9.40. The average molecular weight is 310 g/mol. The van der Waals surface area contributed by atoms with Crippen LogP contribution in [-0.4, -0.2) is 4.98 Å². The van der Waals surface area contributed by atoms with Crippen molar-refractivity contribution in [3.8, 4) is 0 Å². The molecule has 0 aliphatic rings. The maximum Gasteiger partial charge on any atom is 0.0948 e.